The molecule has 0 aliphatic heterocycles. The zero-order valence-corrected chi connectivity index (χ0v) is 19.8. The molecule has 0 bridgehead atoms. The first-order chi connectivity index (χ1) is 16.8. The van der Waals surface area contributed by atoms with Gasteiger partial charge in [-0.2, -0.15) is 0 Å². The van der Waals surface area contributed by atoms with Crippen molar-refractivity contribution >= 4 is 22.6 Å². The summed E-state index contributed by atoms with van der Waals surface area (Å²) in [5.74, 6) is -2.87. The summed E-state index contributed by atoms with van der Waals surface area (Å²) in [6.45, 7) is 5.07. The number of benzene rings is 3. The van der Waals surface area contributed by atoms with Crippen molar-refractivity contribution in [3.05, 3.63) is 71.5 Å². The van der Waals surface area contributed by atoms with Crippen molar-refractivity contribution in [2.24, 2.45) is 5.41 Å². The number of rotatable bonds is 9. The fourth-order valence-corrected chi connectivity index (χ4v) is 3.57. The summed E-state index contributed by atoms with van der Waals surface area (Å²) in [5, 5.41) is 12.7. The number of carbonyl (C=O) groups excluding carboxylic acids is 1. The van der Waals surface area contributed by atoms with Gasteiger partial charge in [0.25, 0.3) is 5.91 Å². The second kappa shape index (κ2) is 10.4. The number of carboxylic acids is 1. The number of carbonyl (C=O) groups is 2. The van der Waals surface area contributed by atoms with Crippen molar-refractivity contribution in [3.8, 4) is 11.5 Å². The molecule has 3 aromatic carbocycles. The highest BCUT2D eigenvalue weighted by atomic mass is 19.4. The largest absolute Gasteiger partial charge is 0.573 e. The van der Waals surface area contributed by atoms with Crippen LogP contribution in [0.4, 0.5) is 17.6 Å². The number of hydrogen-bond acceptors (Lipinski definition) is 4. The third-order valence-electron chi connectivity index (χ3n) is 5.96. The van der Waals surface area contributed by atoms with Gasteiger partial charge in [0.15, 0.2) is 0 Å². The van der Waals surface area contributed by atoms with Crippen LogP contribution >= 0.6 is 0 Å². The Hall–Kier alpha value is -3.82. The van der Waals surface area contributed by atoms with Gasteiger partial charge in [0, 0.05) is 10.8 Å². The number of hydrogen-bond donors (Lipinski definition) is 2. The van der Waals surface area contributed by atoms with Gasteiger partial charge in [-0.05, 0) is 41.7 Å². The van der Waals surface area contributed by atoms with Crippen LogP contribution in [0.25, 0.3) is 10.8 Å². The van der Waals surface area contributed by atoms with E-state index in [1.807, 2.05) is 0 Å². The summed E-state index contributed by atoms with van der Waals surface area (Å²) in [7, 11) is 0. The topological polar surface area (TPSA) is 84.9 Å². The predicted octanol–water partition coefficient (Wildman–Crippen LogP) is 6.08. The summed E-state index contributed by atoms with van der Waals surface area (Å²) in [6, 6.07) is 10.7. The molecule has 36 heavy (non-hydrogen) atoms. The Labute approximate surface area is 204 Å². The van der Waals surface area contributed by atoms with Gasteiger partial charge in [-0.25, -0.2) is 9.18 Å². The van der Waals surface area contributed by atoms with E-state index in [1.54, 1.807) is 26.8 Å². The quantitative estimate of drug-likeness (QED) is 0.343. The van der Waals surface area contributed by atoms with Gasteiger partial charge < -0.3 is 19.9 Å². The van der Waals surface area contributed by atoms with E-state index in [2.05, 4.69) is 10.1 Å². The van der Waals surface area contributed by atoms with Gasteiger partial charge in [0.2, 0.25) is 0 Å². The minimum Gasteiger partial charge on any atom is -0.487 e. The molecule has 0 aliphatic carbocycles. The molecule has 3 aromatic rings. The molecule has 0 aromatic heterocycles. The molecule has 0 fully saturated rings. The lowest BCUT2D eigenvalue weighted by molar-refractivity contribution is -0.274. The van der Waals surface area contributed by atoms with Crippen molar-refractivity contribution in [2.75, 3.05) is 0 Å². The number of nitrogens with one attached hydrogen (secondary N) is 1. The number of amides is 1. The van der Waals surface area contributed by atoms with Crippen LogP contribution in [-0.4, -0.2) is 29.4 Å². The summed E-state index contributed by atoms with van der Waals surface area (Å²) < 4.78 is 61.3. The van der Waals surface area contributed by atoms with Crippen molar-refractivity contribution in [2.45, 2.75) is 46.2 Å². The van der Waals surface area contributed by atoms with Gasteiger partial charge >= 0.3 is 12.3 Å². The fraction of sp³-hybridized carbons (Fsp3) is 0.308. The Morgan fingerprint density at radius 2 is 1.67 bits per heavy atom. The van der Waals surface area contributed by atoms with E-state index < -0.39 is 41.3 Å². The zero-order chi connectivity index (χ0) is 26.7. The average Bonchev–Trinajstić information content (AvgIpc) is 2.80. The summed E-state index contributed by atoms with van der Waals surface area (Å²) in [6.07, 6.45) is -4.35. The zero-order valence-electron chi connectivity index (χ0n) is 19.8. The summed E-state index contributed by atoms with van der Waals surface area (Å²) in [4.78, 5) is 25.1. The Morgan fingerprint density at radius 3 is 2.25 bits per heavy atom. The molecule has 0 saturated heterocycles. The molecule has 0 radical (unpaired) electrons. The third kappa shape index (κ3) is 6.24. The Balaban J connectivity index is 1.94. The van der Waals surface area contributed by atoms with E-state index in [0.717, 1.165) is 12.1 Å². The van der Waals surface area contributed by atoms with E-state index in [9.17, 15) is 32.3 Å². The second-order valence-corrected chi connectivity index (χ2v) is 8.84. The number of alkyl halides is 3. The first-order valence-corrected chi connectivity index (χ1v) is 11.0. The normalized spacial score (nSPS) is 12.8. The van der Waals surface area contributed by atoms with Gasteiger partial charge in [-0.15, -0.1) is 13.2 Å². The van der Waals surface area contributed by atoms with Crippen molar-refractivity contribution in [1.29, 1.82) is 0 Å². The lowest BCUT2D eigenvalue weighted by atomic mass is 9.81. The predicted molar refractivity (Wildman–Crippen MR) is 124 cm³/mol. The monoisotopic (exact) mass is 507 g/mol. The maximum atomic E-state index is 14.4. The maximum Gasteiger partial charge on any atom is 0.573 e. The number of carboxylic acid groups (broad SMARTS) is 1. The molecule has 1 amide bonds. The van der Waals surface area contributed by atoms with E-state index in [0.29, 0.717) is 12.0 Å². The Kier molecular flexibility index (Phi) is 7.76. The highest BCUT2D eigenvalue weighted by Gasteiger charge is 2.36. The molecular formula is C26H25F4NO5. The van der Waals surface area contributed by atoms with Crippen molar-refractivity contribution in [3.63, 3.8) is 0 Å². The van der Waals surface area contributed by atoms with Gasteiger partial charge in [-0.3, -0.25) is 4.79 Å². The smallest absolute Gasteiger partial charge is 0.487 e. The molecule has 0 heterocycles. The van der Waals surface area contributed by atoms with Crippen molar-refractivity contribution in [1.82, 2.24) is 5.32 Å². The molecule has 6 nitrogen and oxygen atoms in total. The maximum absolute atomic E-state index is 14.4. The van der Waals surface area contributed by atoms with E-state index in [1.165, 1.54) is 36.4 Å². The summed E-state index contributed by atoms with van der Waals surface area (Å²) in [5.41, 5.74) is -0.311. The first-order valence-electron chi connectivity index (χ1n) is 11.0. The van der Waals surface area contributed by atoms with E-state index >= 15 is 0 Å². The van der Waals surface area contributed by atoms with Crippen LogP contribution in [-0.2, 0) is 11.4 Å². The van der Waals surface area contributed by atoms with Crippen LogP contribution in [0.3, 0.4) is 0 Å². The third-order valence-corrected chi connectivity index (χ3v) is 5.96. The number of aliphatic carboxylic acids is 1. The molecule has 2 N–H and O–H groups in total. The van der Waals surface area contributed by atoms with E-state index in [-0.39, 0.29) is 28.7 Å². The van der Waals surface area contributed by atoms with Gasteiger partial charge in [0.05, 0.1) is 5.56 Å². The van der Waals surface area contributed by atoms with Crippen LogP contribution in [0.1, 0.15) is 43.1 Å². The lowest BCUT2D eigenvalue weighted by Gasteiger charge is -2.31. The molecular weight excluding hydrogens is 482 g/mol. The number of ether oxygens (including phenoxy) is 2. The fourth-order valence-electron chi connectivity index (χ4n) is 3.57. The summed E-state index contributed by atoms with van der Waals surface area (Å²) >= 11 is 0. The molecule has 3 rings (SSSR count). The second-order valence-electron chi connectivity index (χ2n) is 8.84. The minimum absolute atomic E-state index is 0.0109. The first kappa shape index (κ1) is 26.8. The Morgan fingerprint density at radius 1 is 1.00 bits per heavy atom. The highest BCUT2D eigenvalue weighted by molar-refractivity contribution is 6.05. The lowest BCUT2D eigenvalue weighted by Crippen LogP contribution is -2.50. The molecule has 10 heteroatoms. The van der Waals surface area contributed by atoms with Crippen LogP contribution in [0, 0.1) is 11.2 Å². The van der Waals surface area contributed by atoms with Crippen LogP contribution < -0.4 is 14.8 Å². The SMILES string of the molecule is CCC(C)(C)C(NC(=O)c1ccc2c(F)cccc2c1OCc1ccc(OC(F)(F)F)cc1)C(=O)O. The van der Waals surface area contributed by atoms with E-state index in [4.69, 9.17) is 4.74 Å². The van der Waals surface area contributed by atoms with Crippen LogP contribution in [0.2, 0.25) is 0 Å². The molecule has 1 atom stereocenters. The van der Waals surface area contributed by atoms with Gasteiger partial charge in [0.1, 0.15) is 30.0 Å². The molecule has 0 saturated carbocycles. The minimum atomic E-state index is -4.83. The van der Waals surface area contributed by atoms with Crippen LogP contribution in [0.15, 0.2) is 54.6 Å². The van der Waals surface area contributed by atoms with Crippen molar-refractivity contribution < 1.29 is 41.7 Å². The highest BCUT2D eigenvalue weighted by Crippen LogP contribution is 2.33. The van der Waals surface area contributed by atoms with Gasteiger partial charge in [-0.1, -0.05) is 51.1 Å². The molecule has 0 spiro atoms. The number of halogens is 4. The standard InChI is InChI=1S/C26H25F4NO5/c1-4-25(2,3)22(24(33)34)31-23(32)19-13-12-17-18(6-5-7-20(17)27)21(19)35-14-15-8-10-16(11-9-15)36-26(28,29)30/h5-13,22H,4,14H2,1-3H3,(H,31,32)(H,33,34). The average molecular weight is 507 g/mol. The Bertz CT molecular complexity index is 1260. The molecule has 192 valence electrons. The number of fused-ring (bicyclic) bond motifs is 1. The van der Waals surface area contributed by atoms with Crippen LogP contribution in [0.5, 0.6) is 11.5 Å². The molecule has 0 aliphatic rings. The molecule has 1 unspecified atom stereocenters.